The highest BCUT2D eigenvalue weighted by Gasteiger charge is 2.06. The van der Waals surface area contributed by atoms with Crippen LogP contribution in [-0.4, -0.2) is 37.6 Å². The Balaban J connectivity index is 3.35. The monoisotopic (exact) mass is 217 g/mol. The van der Waals surface area contributed by atoms with Gasteiger partial charge in [0.2, 0.25) is 11.8 Å². The third kappa shape index (κ3) is 9.17. The maximum Gasteiger partial charge on any atom is 0.243 e. The normalized spacial score (nSPS) is 12.1. The highest BCUT2D eigenvalue weighted by molar-refractivity contribution is 5.76. The highest BCUT2D eigenvalue weighted by Crippen LogP contribution is 1.92. The lowest BCUT2D eigenvalue weighted by Crippen LogP contribution is -2.33. The van der Waals surface area contributed by atoms with Crippen LogP contribution in [0.1, 0.15) is 19.8 Å². The maximum atomic E-state index is 11.2. The fourth-order valence-electron chi connectivity index (χ4n) is 0.890. The van der Waals surface area contributed by atoms with Gasteiger partial charge in [-0.15, -0.1) is 0 Å². The molecule has 0 saturated heterocycles. The van der Waals surface area contributed by atoms with Gasteiger partial charge >= 0.3 is 0 Å². The number of carbonyl (C=O) groups is 2. The highest BCUT2D eigenvalue weighted by atomic mass is 16.5. The minimum atomic E-state index is -0.519. The van der Waals surface area contributed by atoms with E-state index in [4.69, 9.17) is 16.2 Å². The topological polar surface area (TPSA) is 107 Å². The number of ether oxygens (including phenoxy) is 1. The molecular formula is C9H19N3O3. The third-order valence-corrected chi connectivity index (χ3v) is 1.78. The van der Waals surface area contributed by atoms with Crippen LogP contribution in [0.25, 0.3) is 0 Å². The number of hydrogen-bond acceptors (Lipinski definition) is 4. The molecule has 0 saturated carbocycles. The molecule has 0 fully saturated rings. The van der Waals surface area contributed by atoms with Gasteiger partial charge in [-0.2, -0.15) is 0 Å². The summed E-state index contributed by atoms with van der Waals surface area (Å²) in [6.45, 7) is 2.44. The molecule has 0 rings (SSSR count). The van der Waals surface area contributed by atoms with Gasteiger partial charge < -0.3 is 21.5 Å². The molecule has 0 bridgehead atoms. The van der Waals surface area contributed by atoms with Gasteiger partial charge in [-0.05, 0) is 6.42 Å². The molecule has 0 aromatic rings. The van der Waals surface area contributed by atoms with Crippen molar-refractivity contribution in [3.8, 4) is 0 Å². The molecule has 0 aliphatic carbocycles. The van der Waals surface area contributed by atoms with Crippen LogP contribution in [0, 0.1) is 0 Å². The van der Waals surface area contributed by atoms with E-state index < -0.39 is 5.91 Å². The van der Waals surface area contributed by atoms with Gasteiger partial charge in [-0.3, -0.25) is 9.59 Å². The Morgan fingerprint density at radius 1 is 1.47 bits per heavy atom. The maximum absolute atomic E-state index is 11.2. The minimum absolute atomic E-state index is 0.100. The fraction of sp³-hybridized carbons (Fsp3) is 0.778. The van der Waals surface area contributed by atoms with Crippen LogP contribution < -0.4 is 16.8 Å². The lowest BCUT2D eigenvalue weighted by molar-refractivity contribution is -0.122. The Kier molecular flexibility index (Phi) is 7.57. The van der Waals surface area contributed by atoms with Gasteiger partial charge in [0.15, 0.2) is 0 Å². The zero-order chi connectivity index (χ0) is 11.7. The first-order valence-electron chi connectivity index (χ1n) is 4.94. The van der Waals surface area contributed by atoms with Crippen molar-refractivity contribution in [2.24, 2.45) is 11.5 Å². The summed E-state index contributed by atoms with van der Waals surface area (Å²) in [5.74, 6) is -0.624. The summed E-state index contributed by atoms with van der Waals surface area (Å²) in [5, 5.41) is 2.63. The van der Waals surface area contributed by atoms with Crippen molar-refractivity contribution >= 4 is 11.8 Å². The smallest absolute Gasteiger partial charge is 0.243 e. The average Bonchev–Trinajstić information content (AvgIpc) is 2.16. The number of rotatable bonds is 8. The molecule has 1 unspecified atom stereocenters. The number of nitrogens with one attached hydrogen (secondary N) is 1. The lowest BCUT2D eigenvalue weighted by Gasteiger charge is -2.09. The van der Waals surface area contributed by atoms with E-state index >= 15 is 0 Å². The molecule has 0 radical (unpaired) electrons. The molecule has 0 aromatic carbocycles. The number of nitrogens with two attached hydrogens (primary N) is 2. The second-order valence-corrected chi connectivity index (χ2v) is 3.24. The zero-order valence-electron chi connectivity index (χ0n) is 8.99. The van der Waals surface area contributed by atoms with Crippen LogP contribution in [0.4, 0.5) is 0 Å². The Bertz CT molecular complexity index is 209. The Morgan fingerprint density at radius 3 is 2.67 bits per heavy atom. The first kappa shape index (κ1) is 13.9. The summed E-state index contributed by atoms with van der Waals surface area (Å²) in [4.78, 5) is 21.4. The first-order chi connectivity index (χ1) is 7.06. The predicted octanol–water partition coefficient (Wildman–Crippen LogP) is -1.27. The van der Waals surface area contributed by atoms with Crippen LogP contribution in [0.15, 0.2) is 0 Å². The van der Waals surface area contributed by atoms with Crippen molar-refractivity contribution < 1.29 is 14.3 Å². The fourth-order valence-corrected chi connectivity index (χ4v) is 0.890. The molecule has 15 heavy (non-hydrogen) atoms. The van der Waals surface area contributed by atoms with Gasteiger partial charge in [-0.25, -0.2) is 0 Å². The summed E-state index contributed by atoms with van der Waals surface area (Å²) in [6.07, 6.45) is 1.08. The standard InChI is InChI=1S/C9H19N3O3/c1-2-7(10)5-9(14)12-3-4-15-6-8(11)13/h7H,2-6,10H2,1H3,(H2,11,13)(H,12,14). The van der Waals surface area contributed by atoms with Crippen molar-refractivity contribution in [3.05, 3.63) is 0 Å². The van der Waals surface area contributed by atoms with Gasteiger partial charge in [0.1, 0.15) is 6.61 Å². The summed E-state index contributed by atoms with van der Waals surface area (Å²) >= 11 is 0. The molecule has 0 aromatic heterocycles. The van der Waals surface area contributed by atoms with Crippen molar-refractivity contribution in [2.45, 2.75) is 25.8 Å². The summed E-state index contributed by atoms with van der Waals surface area (Å²) in [7, 11) is 0. The predicted molar refractivity (Wildman–Crippen MR) is 55.9 cm³/mol. The third-order valence-electron chi connectivity index (χ3n) is 1.78. The van der Waals surface area contributed by atoms with E-state index in [0.29, 0.717) is 13.0 Å². The number of amides is 2. The van der Waals surface area contributed by atoms with E-state index in [1.807, 2.05) is 6.92 Å². The lowest BCUT2D eigenvalue weighted by atomic mass is 10.1. The molecule has 1 atom stereocenters. The Morgan fingerprint density at radius 2 is 2.13 bits per heavy atom. The molecule has 6 heteroatoms. The molecule has 5 N–H and O–H groups in total. The molecule has 0 spiro atoms. The van der Waals surface area contributed by atoms with E-state index in [1.54, 1.807) is 0 Å². The van der Waals surface area contributed by atoms with E-state index in [0.717, 1.165) is 6.42 Å². The van der Waals surface area contributed by atoms with Crippen molar-refractivity contribution in [3.63, 3.8) is 0 Å². The van der Waals surface area contributed by atoms with Gasteiger partial charge in [0.25, 0.3) is 0 Å². The molecule has 0 aliphatic rings. The van der Waals surface area contributed by atoms with Crippen molar-refractivity contribution in [2.75, 3.05) is 19.8 Å². The number of carbonyl (C=O) groups excluding carboxylic acids is 2. The van der Waals surface area contributed by atoms with Crippen molar-refractivity contribution in [1.82, 2.24) is 5.32 Å². The van der Waals surface area contributed by atoms with E-state index in [2.05, 4.69) is 5.32 Å². The Labute approximate surface area is 89.3 Å². The largest absolute Gasteiger partial charge is 0.370 e. The molecule has 6 nitrogen and oxygen atoms in total. The van der Waals surface area contributed by atoms with Crippen LogP contribution in [0.5, 0.6) is 0 Å². The quantitative estimate of drug-likeness (QED) is 0.441. The van der Waals surface area contributed by atoms with Crippen LogP contribution in [0.3, 0.4) is 0 Å². The molecular weight excluding hydrogens is 198 g/mol. The summed E-state index contributed by atoms with van der Waals surface area (Å²) in [6, 6.07) is -0.100. The van der Waals surface area contributed by atoms with E-state index in [9.17, 15) is 9.59 Å². The van der Waals surface area contributed by atoms with E-state index in [1.165, 1.54) is 0 Å². The van der Waals surface area contributed by atoms with Gasteiger partial charge in [0.05, 0.1) is 6.61 Å². The molecule has 0 heterocycles. The Hall–Kier alpha value is -1.14. The number of hydrogen-bond donors (Lipinski definition) is 3. The SMILES string of the molecule is CCC(N)CC(=O)NCCOCC(N)=O. The molecule has 88 valence electrons. The minimum Gasteiger partial charge on any atom is -0.370 e. The summed E-state index contributed by atoms with van der Waals surface area (Å²) < 4.78 is 4.86. The van der Waals surface area contributed by atoms with Gasteiger partial charge in [-0.1, -0.05) is 6.92 Å². The summed E-state index contributed by atoms with van der Waals surface area (Å²) in [5.41, 5.74) is 10.4. The van der Waals surface area contributed by atoms with Crippen LogP contribution in [-0.2, 0) is 14.3 Å². The first-order valence-corrected chi connectivity index (χ1v) is 4.94. The van der Waals surface area contributed by atoms with E-state index in [-0.39, 0.29) is 25.2 Å². The average molecular weight is 217 g/mol. The van der Waals surface area contributed by atoms with Gasteiger partial charge in [0, 0.05) is 19.0 Å². The molecule has 0 aliphatic heterocycles. The number of primary amides is 1. The van der Waals surface area contributed by atoms with Crippen LogP contribution >= 0.6 is 0 Å². The second kappa shape index (κ2) is 8.19. The molecule has 2 amide bonds. The second-order valence-electron chi connectivity index (χ2n) is 3.24. The zero-order valence-corrected chi connectivity index (χ0v) is 8.99. The van der Waals surface area contributed by atoms with Crippen LogP contribution in [0.2, 0.25) is 0 Å². The van der Waals surface area contributed by atoms with Crippen molar-refractivity contribution in [1.29, 1.82) is 0 Å².